The Morgan fingerprint density at radius 2 is 1.45 bits per heavy atom. The molecule has 10 heteroatoms. The predicted octanol–water partition coefficient (Wildman–Crippen LogP) is 8.84. The van der Waals surface area contributed by atoms with Crippen LogP contribution in [-0.4, -0.2) is 29.7 Å². The second kappa shape index (κ2) is 16.6. The minimum atomic E-state index is -2.85. The largest absolute Gasteiger partial charge is 0.403 e. The Bertz CT molecular complexity index is 2160. The first-order chi connectivity index (χ1) is 25.6. The number of aromatic nitrogens is 2. The highest BCUT2D eigenvalue weighted by Crippen LogP contribution is 2.39. The van der Waals surface area contributed by atoms with E-state index in [0.717, 1.165) is 16.9 Å². The normalized spacial score (nSPS) is 11.8. The van der Waals surface area contributed by atoms with Gasteiger partial charge in [-0.05, 0) is 75.6 Å². The molecule has 2 heterocycles. The number of hydrogen-bond donors (Lipinski definition) is 2. The van der Waals surface area contributed by atoms with Crippen molar-refractivity contribution >= 4 is 65.5 Å². The zero-order valence-corrected chi connectivity index (χ0v) is 32.2. The molecule has 7 nitrogen and oxygen atoms in total. The maximum atomic E-state index is 12.9. The number of nitrogens with zero attached hydrogens (tertiary/aromatic N) is 2. The lowest BCUT2D eigenvalue weighted by Crippen LogP contribution is -2.66. The van der Waals surface area contributed by atoms with Crippen LogP contribution in [0.5, 0.6) is 0 Å². The molecule has 0 aliphatic rings. The fourth-order valence-electron chi connectivity index (χ4n) is 6.43. The third-order valence-corrected chi connectivity index (χ3v) is 14.8. The van der Waals surface area contributed by atoms with Gasteiger partial charge >= 0.3 is 0 Å². The first-order valence-corrected chi connectivity index (χ1v) is 19.9. The van der Waals surface area contributed by atoms with Crippen molar-refractivity contribution in [1.29, 1.82) is 0 Å². The van der Waals surface area contributed by atoms with Crippen LogP contribution in [0, 0.1) is 0 Å². The van der Waals surface area contributed by atoms with E-state index >= 15 is 0 Å². The van der Waals surface area contributed by atoms with Crippen LogP contribution in [0.1, 0.15) is 48.0 Å². The van der Waals surface area contributed by atoms with Crippen molar-refractivity contribution in [2.24, 2.45) is 0 Å². The number of carbonyl (C=O) groups is 2. The topological polar surface area (TPSA) is 85.2 Å². The summed E-state index contributed by atoms with van der Waals surface area (Å²) in [5.74, 6) is -0.494. The fourth-order valence-corrected chi connectivity index (χ4v) is 11.5. The molecule has 53 heavy (non-hydrogen) atoms. The molecule has 0 aliphatic heterocycles. The van der Waals surface area contributed by atoms with Crippen LogP contribution in [0.25, 0.3) is 11.8 Å². The molecule has 2 amide bonds. The maximum absolute atomic E-state index is 12.9. The first kappa shape index (κ1) is 37.5. The molecule has 0 saturated carbocycles. The van der Waals surface area contributed by atoms with Gasteiger partial charge in [-0.1, -0.05) is 117 Å². The Labute approximate surface area is 321 Å². The summed E-state index contributed by atoms with van der Waals surface area (Å²) in [6, 6.07) is 38.9. The van der Waals surface area contributed by atoms with E-state index in [2.05, 4.69) is 84.9 Å². The van der Waals surface area contributed by atoms with Crippen LogP contribution >= 0.6 is 23.2 Å². The third-order valence-electron chi connectivity index (χ3n) is 9.09. The van der Waals surface area contributed by atoms with E-state index in [0.29, 0.717) is 26.9 Å². The molecular formula is C43H40Cl2N4O3Si. The molecule has 0 fully saturated rings. The number of halogens is 2. The number of anilines is 1. The van der Waals surface area contributed by atoms with Crippen molar-refractivity contribution in [3.05, 3.63) is 178 Å². The molecule has 4 aromatic carbocycles. The van der Waals surface area contributed by atoms with Gasteiger partial charge in [0.15, 0.2) is 0 Å². The lowest BCUT2D eigenvalue weighted by Gasteiger charge is -2.43. The SMILES string of the molecule is CC(C)(C)[Si](OCc1c(Cl)ccc(-n2cccc2CNC(=O)/C=C/c2ccc(C(=O)Nc3ccncc3)cc2)c1Cl)(c1ccccc1)c1ccccc1. The molecule has 6 rings (SSSR count). The molecule has 0 bridgehead atoms. The summed E-state index contributed by atoms with van der Waals surface area (Å²) in [5, 5.41) is 8.92. The van der Waals surface area contributed by atoms with Gasteiger partial charge in [-0.25, -0.2) is 0 Å². The second-order valence-corrected chi connectivity index (χ2v) is 18.6. The summed E-state index contributed by atoms with van der Waals surface area (Å²) in [5.41, 5.74) is 4.21. The molecule has 268 valence electrons. The maximum Gasteiger partial charge on any atom is 0.261 e. The highest BCUT2D eigenvalue weighted by atomic mass is 35.5. The van der Waals surface area contributed by atoms with Gasteiger partial charge in [-0.15, -0.1) is 0 Å². The van der Waals surface area contributed by atoms with Crippen molar-refractivity contribution in [2.45, 2.75) is 39.0 Å². The Hall–Kier alpha value is -5.25. The number of carbonyl (C=O) groups excluding carboxylic acids is 2. The van der Waals surface area contributed by atoms with E-state index in [1.54, 1.807) is 54.9 Å². The van der Waals surface area contributed by atoms with Crippen molar-refractivity contribution < 1.29 is 14.0 Å². The van der Waals surface area contributed by atoms with Crippen LogP contribution < -0.4 is 21.0 Å². The first-order valence-electron chi connectivity index (χ1n) is 17.2. The average molecular weight is 760 g/mol. The Morgan fingerprint density at radius 1 is 0.811 bits per heavy atom. The van der Waals surface area contributed by atoms with E-state index in [-0.39, 0.29) is 30.0 Å². The second-order valence-electron chi connectivity index (χ2n) is 13.5. The van der Waals surface area contributed by atoms with Crippen LogP contribution in [0.4, 0.5) is 5.69 Å². The molecule has 2 N–H and O–H groups in total. The number of pyridine rings is 1. The molecule has 0 unspecified atom stereocenters. The van der Waals surface area contributed by atoms with E-state index < -0.39 is 8.32 Å². The van der Waals surface area contributed by atoms with Gasteiger partial charge in [0.2, 0.25) is 5.91 Å². The summed E-state index contributed by atoms with van der Waals surface area (Å²) < 4.78 is 9.12. The van der Waals surface area contributed by atoms with Gasteiger partial charge in [-0.3, -0.25) is 14.6 Å². The van der Waals surface area contributed by atoms with Crippen LogP contribution in [0.3, 0.4) is 0 Å². The number of hydrogen-bond acceptors (Lipinski definition) is 4. The number of benzene rings is 4. The van der Waals surface area contributed by atoms with Gasteiger partial charge in [0.1, 0.15) is 0 Å². The zero-order chi connectivity index (χ0) is 37.4. The van der Waals surface area contributed by atoms with Crippen molar-refractivity contribution in [2.75, 3.05) is 5.32 Å². The van der Waals surface area contributed by atoms with Gasteiger partial charge in [0.25, 0.3) is 14.2 Å². The number of rotatable bonds is 12. The van der Waals surface area contributed by atoms with Gasteiger partial charge in [0, 0.05) is 52.2 Å². The Kier molecular flexibility index (Phi) is 11.8. The highest BCUT2D eigenvalue weighted by molar-refractivity contribution is 6.99. The predicted molar refractivity (Wildman–Crippen MR) is 218 cm³/mol. The van der Waals surface area contributed by atoms with E-state index in [1.165, 1.54) is 16.4 Å². The Balaban J connectivity index is 1.16. The minimum Gasteiger partial charge on any atom is -0.403 e. The van der Waals surface area contributed by atoms with E-state index in [1.807, 2.05) is 47.2 Å². The summed E-state index contributed by atoms with van der Waals surface area (Å²) in [6.07, 6.45) is 8.30. The molecule has 6 aromatic rings. The number of amides is 2. The smallest absolute Gasteiger partial charge is 0.261 e. The number of nitrogens with one attached hydrogen (secondary N) is 2. The van der Waals surface area contributed by atoms with Crippen molar-refractivity contribution in [1.82, 2.24) is 14.9 Å². The molecule has 0 saturated heterocycles. The van der Waals surface area contributed by atoms with Crippen LogP contribution in [-0.2, 0) is 22.4 Å². The summed E-state index contributed by atoms with van der Waals surface area (Å²) in [4.78, 5) is 29.4. The van der Waals surface area contributed by atoms with Crippen molar-refractivity contribution in [3.63, 3.8) is 0 Å². The summed E-state index contributed by atoms with van der Waals surface area (Å²) >= 11 is 14.0. The zero-order valence-electron chi connectivity index (χ0n) is 29.7. The third kappa shape index (κ3) is 8.53. The standard InChI is InChI=1S/C43H40Cl2N4O3Si/c1-43(2,3)53(35-12-6-4-7-13-35,36-14-8-5-9-15-36)52-30-37-38(44)21-22-39(41(37)45)49-28-10-11-34(49)29-47-40(50)23-18-31-16-19-32(20-17-31)42(51)48-33-24-26-46-27-25-33/h4-28H,29-30H2,1-3H3,(H,47,50)(H,46,48,51)/b23-18+. The quantitative estimate of drug-likeness (QED) is 0.0965. The molecule has 0 atom stereocenters. The monoisotopic (exact) mass is 758 g/mol. The minimum absolute atomic E-state index is 0.215. The van der Waals surface area contributed by atoms with Crippen LogP contribution in [0.15, 0.2) is 146 Å². The van der Waals surface area contributed by atoms with E-state index in [9.17, 15) is 9.59 Å². The van der Waals surface area contributed by atoms with Gasteiger partial charge < -0.3 is 19.6 Å². The molecule has 0 spiro atoms. The van der Waals surface area contributed by atoms with Crippen LogP contribution in [0.2, 0.25) is 15.1 Å². The fraction of sp³-hybridized carbons (Fsp3) is 0.140. The molecule has 2 aromatic heterocycles. The summed E-state index contributed by atoms with van der Waals surface area (Å²) in [7, 11) is -2.85. The van der Waals surface area contributed by atoms with Gasteiger partial charge in [-0.2, -0.15) is 0 Å². The van der Waals surface area contributed by atoms with Gasteiger partial charge in [0.05, 0.1) is 23.9 Å². The molecule has 0 radical (unpaired) electrons. The lowest BCUT2D eigenvalue weighted by molar-refractivity contribution is -0.116. The lowest BCUT2D eigenvalue weighted by atomic mass is 10.1. The van der Waals surface area contributed by atoms with E-state index in [4.69, 9.17) is 27.6 Å². The Morgan fingerprint density at radius 3 is 2.08 bits per heavy atom. The van der Waals surface area contributed by atoms with Crippen molar-refractivity contribution in [3.8, 4) is 5.69 Å². The average Bonchev–Trinajstić information content (AvgIpc) is 3.63. The molecule has 0 aliphatic carbocycles. The highest BCUT2D eigenvalue weighted by Gasteiger charge is 2.50. The summed E-state index contributed by atoms with van der Waals surface area (Å²) in [6.45, 7) is 7.17. The molecular weight excluding hydrogens is 719 g/mol.